The highest BCUT2D eigenvalue weighted by Gasteiger charge is 1.99. The van der Waals surface area contributed by atoms with Crippen molar-refractivity contribution >= 4 is 5.97 Å². The maximum atomic E-state index is 10.2. The Bertz CT molecular complexity index is 130. The van der Waals surface area contributed by atoms with Crippen LogP contribution in [-0.2, 0) is 9.63 Å². The van der Waals surface area contributed by atoms with Crippen LogP contribution in [0.4, 0.5) is 0 Å². The van der Waals surface area contributed by atoms with E-state index in [1.165, 1.54) is 6.92 Å². The van der Waals surface area contributed by atoms with Gasteiger partial charge in [-0.1, -0.05) is 6.58 Å². The molecule has 0 aromatic heterocycles. The number of carbonyl (C=O) groups is 1. The van der Waals surface area contributed by atoms with Gasteiger partial charge >= 0.3 is 5.97 Å². The van der Waals surface area contributed by atoms with Gasteiger partial charge in [-0.05, 0) is 6.92 Å². The van der Waals surface area contributed by atoms with Gasteiger partial charge in [-0.25, -0.2) is 4.79 Å². The molecule has 44 valence electrons. The third kappa shape index (κ3) is 2.07. The van der Waals surface area contributed by atoms with Crippen LogP contribution in [0.5, 0.6) is 0 Å². The minimum Gasteiger partial charge on any atom is -0.295 e. The van der Waals surface area contributed by atoms with E-state index < -0.39 is 5.97 Å². The largest absolute Gasteiger partial charge is 0.362 e. The first kappa shape index (κ1) is 6.81. The number of rotatable bonds is 2. The van der Waals surface area contributed by atoms with Gasteiger partial charge in [0.05, 0.1) is 0 Å². The van der Waals surface area contributed by atoms with Gasteiger partial charge in [-0.2, -0.15) is 5.53 Å². The molecule has 0 unspecified atom stereocenters. The summed E-state index contributed by atoms with van der Waals surface area (Å²) in [5.74, 6) is -0.667. The molecule has 0 aromatic rings. The zero-order chi connectivity index (χ0) is 6.57. The number of hydrogen-bond acceptors (Lipinski definition) is 4. The van der Waals surface area contributed by atoms with Crippen LogP contribution in [0.1, 0.15) is 6.92 Å². The molecule has 0 atom stereocenters. The van der Waals surface area contributed by atoms with Crippen molar-refractivity contribution in [1.29, 1.82) is 5.53 Å². The Labute approximate surface area is 46.6 Å². The van der Waals surface area contributed by atoms with Gasteiger partial charge < -0.3 is 0 Å². The molecule has 1 N–H and O–H groups in total. The molecule has 4 heteroatoms. The van der Waals surface area contributed by atoms with Crippen LogP contribution >= 0.6 is 0 Å². The van der Waals surface area contributed by atoms with Crippen molar-refractivity contribution in [3.63, 3.8) is 0 Å². The van der Waals surface area contributed by atoms with Gasteiger partial charge in [0.1, 0.15) is 0 Å². The Kier molecular flexibility index (Phi) is 2.47. The lowest BCUT2D eigenvalue weighted by atomic mass is 10.4. The highest BCUT2D eigenvalue weighted by atomic mass is 16.7. The smallest absolute Gasteiger partial charge is 0.295 e. The van der Waals surface area contributed by atoms with E-state index in [-0.39, 0.29) is 5.57 Å². The molecular formula is C4H6N2O2. The lowest BCUT2D eigenvalue weighted by molar-refractivity contribution is -0.140. The van der Waals surface area contributed by atoms with Crippen LogP contribution in [0.25, 0.3) is 0 Å². The average Bonchev–Trinajstić information content (AvgIpc) is 1.67. The van der Waals surface area contributed by atoms with Crippen molar-refractivity contribution in [2.75, 3.05) is 0 Å². The topological polar surface area (TPSA) is 62.5 Å². The van der Waals surface area contributed by atoms with Crippen LogP contribution in [0, 0.1) is 5.53 Å². The fourth-order valence-corrected chi connectivity index (χ4v) is 0.119. The van der Waals surface area contributed by atoms with Crippen molar-refractivity contribution in [3.8, 4) is 0 Å². The molecule has 0 amide bonds. The van der Waals surface area contributed by atoms with Gasteiger partial charge in [-0.15, -0.1) is 0 Å². The highest BCUT2D eigenvalue weighted by Crippen LogP contribution is 1.90. The molecule has 8 heavy (non-hydrogen) atoms. The van der Waals surface area contributed by atoms with E-state index in [9.17, 15) is 4.79 Å². The summed E-state index contributed by atoms with van der Waals surface area (Å²) in [6.07, 6.45) is 0. The molecule has 0 aliphatic carbocycles. The minimum absolute atomic E-state index is 0.237. The van der Waals surface area contributed by atoms with Crippen LogP contribution in [0.2, 0.25) is 0 Å². The Morgan fingerprint density at radius 1 is 1.88 bits per heavy atom. The van der Waals surface area contributed by atoms with Gasteiger partial charge in [0.2, 0.25) is 0 Å². The zero-order valence-electron chi connectivity index (χ0n) is 4.47. The molecule has 0 fully saturated rings. The van der Waals surface area contributed by atoms with Crippen LogP contribution < -0.4 is 0 Å². The van der Waals surface area contributed by atoms with Crippen molar-refractivity contribution in [2.24, 2.45) is 5.28 Å². The Morgan fingerprint density at radius 3 is 2.50 bits per heavy atom. The van der Waals surface area contributed by atoms with Crippen molar-refractivity contribution in [1.82, 2.24) is 0 Å². The first-order valence-corrected chi connectivity index (χ1v) is 1.92. The van der Waals surface area contributed by atoms with E-state index >= 15 is 0 Å². The minimum atomic E-state index is -0.667. The van der Waals surface area contributed by atoms with E-state index in [2.05, 4.69) is 16.7 Å². The monoisotopic (exact) mass is 114 g/mol. The molecule has 0 aliphatic rings. The summed E-state index contributed by atoms with van der Waals surface area (Å²) in [5, 5.41) is 2.40. The van der Waals surface area contributed by atoms with E-state index in [4.69, 9.17) is 5.53 Å². The fraction of sp³-hybridized carbons (Fsp3) is 0.250. The molecule has 0 bridgehead atoms. The summed E-state index contributed by atoms with van der Waals surface area (Å²) < 4.78 is 0. The van der Waals surface area contributed by atoms with Gasteiger partial charge in [-0.3, -0.25) is 4.84 Å². The summed E-state index contributed by atoms with van der Waals surface area (Å²) in [6, 6.07) is 0. The average molecular weight is 114 g/mol. The molecule has 0 radical (unpaired) electrons. The Balaban J connectivity index is 3.65. The van der Waals surface area contributed by atoms with Crippen LogP contribution in [-0.4, -0.2) is 5.97 Å². The molecule has 0 heterocycles. The molecule has 0 saturated carbocycles. The van der Waals surface area contributed by atoms with Crippen molar-refractivity contribution in [2.45, 2.75) is 6.92 Å². The molecule has 4 nitrogen and oxygen atoms in total. The number of hydrogen-bond donors (Lipinski definition) is 1. The van der Waals surface area contributed by atoms with E-state index in [1.54, 1.807) is 0 Å². The third-order valence-corrected chi connectivity index (χ3v) is 0.477. The molecule has 0 aromatic carbocycles. The molecule has 0 aliphatic heterocycles. The summed E-state index contributed by atoms with van der Waals surface area (Å²) in [6.45, 7) is 4.74. The van der Waals surface area contributed by atoms with Crippen LogP contribution in [0.15, 0.2) is 17.4 Å². The fourth-order valence-electron chi connectivity index (χ4n) is 0.119. The normalized spacial score (nSPS) is 7.62. The van der Waals surface area contributed by atoms with Crippen LogP contribution in [0.3, 0.4) is 0 Å². The van der Waals surface area contributed by atoms with Crippen molar-refractivity contribution in [3.05, 3.63) is 12.2 Å². The lowest BCUT2D eigenvalue weighted by Crippen LogP contribution is -1.97. The zero-order valence-corrected chi connectivity index (χ0v) is 4.47. The third-order valence-electron chi connectivity index (χ3n) is 0.477. The lowest BCUT2D eigenvalue weighted by Gasteiger charge is -1.88. The predicted molar refractivity (Wildman–Crippen MR) is 26.1 cm³/mol. The van der Waals surface area contributed by atoms with Gasteiger partial charge in [0, 0.05) is 10.9 Å². The van der Waals surface area contributed by atoms with Gasteiger partial charge in [0.15, 0.2) is 0 Å². The van der Waals surface area contributed by atoms with Crippen molar-refractivity contribution < 1.29 is 9.63 Å². The van der Waals surface area contributed by atoms with Gasteiger partial charge in [0.25, 0.3) is 0 Å². The summed E-state index contributed by atoms with van der Waals surface area (Å²) in [5.41, 5.74) is 6.30. The molecule has 0 saturated heterocycles. The quantitative estimate of drug-likeness (QED) is 0.331. The second-order valence-electron chi connectivity index (χ2n) is 1.25. The second kappa shape index (κ2) is 2.90. The highest BCUT2D eigenvalue weighted by molar-refractivity contribution is 5.86. The summed E-state index contributed by atoms with van der Waals surface area (Å²) in [7, 11) is 0. The predicted octanol–water partition coefficient (Wildman–Crippen LogP) is 1.05. The summed E-state index contributed by atoms with van der Waals surface area (Å²) >= 11 is 0. The number of carbonyl (C=O) groups excluding carboxylic acids is 1. The Hall–Kier alpha value is -1.19. The summed E-state index contributed by atoms with van der Waals surface area (Å²) in [4.78, 5) is 14.1. The van der Waals surface area contributed by atoms with E-state index in [0.29, 0.717) is 0 Å². The number of nitrogens with one attached hydrogen (secondary N) is 1. The molecule has 0 spiro atoms. The SMILES string of the molecule is C=C(C)C(=O)ON=N. The van der Waals surface area contributed by atoms with E-state index in [0.717, 1.165) is 0 Å². The molecule has 0 rings (SSSR count). The molecular weight excluding hydrogens is 108 g/mol. The first-order chi connectivity index (χ1) is 3.68. The maximum absolute atomic E-state index is 10.2. The number of nitrogens with zero attached hydrogens (tertiary/aromatic N) is 1. The second-order valence-corrected chi connectivity index (χ2v) is 1.25. The van der Waals surface area contributed by atoms with E-state index in [1.807, 2.05) is 0 Å². The standard InChI is InChI=1S/C4H6N2O2/c1-3(2)4(7)8-6-5/h5H,1H2,2H3. The maximum Gasteiger partial charge on any atom is 0.362 e. The Morgan fingerprint density at radius 2 is 2.38 bits per heavy atom. The first-order valence-electron chi connectivity index (χ1n) is 1.92.